The maximum atomic E-state index is 13.2. The van der Waals surface area contributed by atoms with Gasteiger partial charge in [-0.2, -0.15) is 24.9 Å². The molecule has 2 rings (SSSR count). The van der Waals surface area contributed by atoms with E-state index in [-0.39, 0.29) is 5.56 Å². The van der Waals surface area contributed by atoms with Crippen LogP contribution in [0.15, 0.2) is 23.4 Å². The molecule has 1 heterocycles. The number of anilines is 1. The van der Waals surface area contributed by atoms with Crippen LogP contribution in [0.2, 0.25) is 0 Å². The van der Waals surface area contributed by atoms with E-state index in [0.717, 1.165) is 11.8 Å². The van der Waals surface area contributed by atoms with E-state index in [9.17, 15) is 13.2 Å². The van der Waals surface area contributed by atoms with Crippen molar-refractivity contribution in [1.82, 2.24) is 0 Å². The van der Waals surface area contributed by atoms with Crippen LogP contribution < -0.4 is 10.6 Å². The Hall–Kier alpha value is -1.57. The van der Waals surface area contributed by atoms with Gasteiger partial charge in [0.1, 0.15) is 0 Å². The molecule has 0 bridgehead atoms. The van der Waals surface area contributed by atoms with Crippen LogP contribution in [0.1, 0.15) is 18.1 Å². The van der Waals surface area contributed by atoms with Crippen LogP contribution in [0, 0.1) is 0 Å². The highest BCUT2D eigenvalue weighted by atomic mass is 32.2. The Morgan fingerprint density at radius 3 is 2.76 bits per heavy atom. The van der Waals surface area contributed by atoms with Crippen molar-refractivity contribution < 1.29 is 18.4 Å². The molecule has 3 N–H and O–H groups in total. The number of amidine groups is 1. The Morgan fingerprint density at radius 2 is 2.19 bits per heavy atom. The standard InChI is InChI=1S/C13H16F3N3OS/c1-8-7-19(4-5-21-8)9-2-3-10(12(17)18-20)11(6-9)13(14,15)16/h2-3,6,8,20H,4-5,7H2,1H3,(H2,17,18). The predicted molar refractivity (Wildman–Crippen MR) is 78.1 cm³/mol. The van der Waals surface area contributed by atoms with Gasteiger partial charge in [0.25, 0.3) is 0 Å². The smallest absolute Gasteiger partial charge is 0.409 e. The number of benzene rings is 1. The van der Waals surface area contributed by atoms with Crippen LogP contribution >= 0.6 is 11.8 Å². The fourth-order valence-electron chi connectivity index (χ4n) is 2.29. The lowest BCUT2D eigenvalue weighted by Crippen LogP contribution is -2.36. The van der Waals surface area contributed by atoms with E-state index in [1.54, 1.807) is 17.8 Å². The number of rotatable bonds is 2. The molecule has 1 aliphatic rings. The number of alkyl halides is 3. The Balaban J connectivity index is 2.42. The Labute approximate surface area is 124 Å². The lowest BCUT2D eigenvalue weighted by Gasteiger charge is -2.33. The van der Waals surface area contributed by atoms with Gasteiger partial charge in [-0.05, 0) is 18.2 Å². The van der Waals surface area contributed by atoms with Gasteiger partial charge >= 0.3 is 6.18 Å². The zero-order chi connectivity index (χ0) is 15.6. The summed E-state index contributed by atoms with van der Waals surface area (Å²) in [5, 5.41) is 11.7. The van der Waals surface area contributed by atoms with E-state index >= 15 is 0 Å². The van der Waals surface area contributed by atoms with E-state index in [2.05, 4.69) is 5.16 Å². The third-order valence-corrected chi connectivity index (χ3v) is 4.43. The Bertz CT molecular complexity index is 548. The lowest BCUT2D eigenvalue weighted by molar-refractivity contribution is -0.137. The van der Waals surface area contributed by atoms with Crippen LogP contribution in [0.3, 0.4) is 0 Å². The molecule has 1 aromatic carbocycles. The van der Waals surface area contributed by atoms with Crippen molar-refractivity contribution in [2.45, 2.75) is 18.3 Å². The second-order valence-electron chi connectivity index (χ2n) is 4.84. The van der Waals surface area contributed by atoms with Gasteiger partial charge in [0.15, 0.2) is 5.84 Å². The fraction of sp³-hybridized carbons (Fsp3) is 0.462. The molecule has 0 spiro atoms. The molecule has 1 atom stereocenters. The predicted octanol–water partition coefficient (Wildman–Crippen LogP) is 2.74. The van der Waals surface area contributed by atoms with Crippen molar-refractivity contribution in [3.8, 4) is 0 Å². The van der Waals surface area contributed by atoms with Crippen LogP contribution in [0.25, 0.3) is 0 Å². The molecule has 0 aliphatic carbocycles. The summed E-state index contributed by atoms with van der Waals surface area (Å²) in [6.07, 6.45) is -4.56. The monoisotopic (exact) mass is 319 g/mol. The largest absolute Gasteiger partial charge is 0.417 e. The zero-order valence-electron chi connectivity index (χ0n) is 11.4. The minimum Gasteiger partial charge on any atom is -0.409 e. The van der Waals surface area contributed by atoms with Gasteiger partial charge < -0.3 is 15.8 Å². The first-order chi connectivity index (χ1) is 9.82. The molecule has 1 fully saturated rings. The number of hydrogen-bond acceptors (Lipinski definition) is 4. The minimum absolute atomic E-state index is 0.312. The molecule has 1 saturated heterocycles. The molecular formula is C13H16F3N3OS. The SMILES string of the molecule is CC1CN(c2ccc(/C(N)=N/O)c(C(F)(F)F)c2)CCS1. The molecular weight excluding hydrogens is 303 g/mol. The summed E-state index contributed by atoms with van der Waals surface area (Å²) < 4.78 is 39.5. The van der Waals surface area contributed by atoms with Crippen molar-refractivity contribution in [2.75, 3.05) is 23.7 Å². The first-order valence-corrected chi connectivity index (χ1v) is 7.43. The molecule has 1 aromatic rings. The highest BCUT2D eigenvalue weighted by Crippen LogP contribution is 2.35. The number of nitrogens with two attached hydrogens (primary N) is 1. The maximum absolute atomic E-state index is 13.2. The molecule has 1 aliphatic heterocycles. The van der Waals surface area contributed by atoms with Gasteiger partial charge in [0.05, 0.1) is 5.56 Å². The molecule has 1 unspecified atom stereocenters. The zero-order valence-corrected chi connectivity index (χ0v) is 12.2. The second kappa shape index (κ2) is 6.05. The summed E-state index contributed by atoms with van der Waals surface area (Å²) >= 11 is 1.80. The number of thioether (sulfide) groups is 1. The summed E-state index contributed by atoms with van der Waals surface area (Å²) in [7, 11) is 0. The molecule has 0 aromatic heterocycles. The van der Waals surface area contributed by atoms with E-state index in [0.29, 0.717) is 24.0 Å². The number of halogens is 3. The van der Waals surface area contributed by atoms with Gasteiger partial charge in [-0.25, -0.2) is 0 Å². The van der Waals surface area contributed by atoms with Gasteiger partial charge in [-0.3, -0.25) is 0 Å². The molecule has 0 radical (unpaired) electrons. The van der Waals surface area contributed by atoms with Crippen LogP contribution in [0.5, 0.6) is 0 Å². The topological polar surface area (TPSA) is 61.8 Å². The van der Waals surface area contributed by atoms with Crippen LogP contribution in [-0.2, 0) is 6.18 Å². The van der Waals surface area contributed by atoms with Crippen LogP contribution in [-0.4, -0.2) is 35.1 Å². The lowest BCUT2D eigenvalue weighted by atomic mass is 10.0. The molecule has 0 saturated carbocycles. The number of nitrogens with zero attached hydrogens (tertiary/aromatic N) is 2. The van der Waals surface area contributed by atoms with Gasteiger partial charge in [0.2, 0.25) is 0 Å². The molecule has 0 amide bonds. The first-order valence-electron chi connectivity index (χ1n) is 6.38. The highest BCUT2D eigenvalue weighted by Gasteiger charge is 2.35. The van der Waals surface area contributed by atoms with Gasteiger partial charge in [-0.1, -0.05) is 12.1 Å². The molecule has 21 heavy (non-hydrogen) atoms. The second-order valence-corrected chi connectivity index (χ2v) is 6.39. The summed E-state index contributed by atoms with van der Waals surface area (Å²) in [4.78, 5) is 1.92. The van der Waals surface area contributed by atoms with Gasteiger partial charge in [0, 0.05) is 35.3 Å². The highest BCUT2D eigenvalue weighted by molar-refractivity contribution is 8.00. The average molecular weight is 319 g/mol. The van der Waals surface area contributed by atoms with Crippen molar-refractivity contribution in [2.24, 2.45) is 10.9 Å². The van der Waals surface area contributed by atoms with E-state index in [1.807, 2.05) is 11.8 Å². The minimum atomic E-state index is -4.56. The molecule has 116 valence electrons. The van der Waals surface area contributed by atoms with E-state index < -0.39 is 17.6 Å². The van der Waals surface area contributed by atoms with Gasteiger partial charge in [-0.15, -0.1) is 0 Å². The van der Waals surface area contributed by atoms with Crippen LogP contribution in [0.4, 0.5) is 18.9 Å². The van der Waals surface area contributed by atoms with Crippen molar-refractivity contribution in [3.05, 3.63) is 29.3 Å². The fourth-order valence-corrected chi connectivity index (χ4v) is 3.31. The summed E-state index contributed by atoms with van der Waals surface area (Å²) in [6.45, 7) is 3.45. The summed E-state index contributed by atoms with van der Waals surface area (Å²) in [5.74, 6) is 0.335. The van der Waals surface area contributed by atoms with Crippen molar-refractivity contribution >= 4 is 23.3 Å². The van der Waals surface area contributed by atoms with E-state index in [4.69, 9.17) is 10.9 Å². The molecule has 4 nitrogen and oxygen atoms in total. The normalized spacial score (nSPS) is 20.7. The quantitative estimate of drug-likeness (QED) is 0.381. The summed E-state index contributed by atoms with van der Waals surface area (Å²) in [6, 6.07) is 3.89. The van der Waals surface area contributed by atoms with Crippen molar-refractivity contribution in [1.29, 1.82) is 0 Å². The summed E-state index contributed by atoms with van der Waals surface area (Å²) in [5.41, 5.74) is 4.63. The first kappa shape index (κ1) is 15.8. The number of hydrogen-bond donors (Lipinski definition) is 2. The Morgan fingerprint density at radius 1 is 1.48 bits per heavy atom. The molecule has 8 heteroatoms. The Kier molecular flexibility index (Phi) is 4.55. The number of oxime groups is 1. The average Bonchev–Trinajstić information content (AvgIpc) is 2.45. The van der Waals surface area contributed by atoms with E-state index in [1.165, 1.54) is 6.07 Å². The third-order valence-electron chi connectivity index (χ3n) is 3.30. The maximum Gasteiger partial charge on any atom is 0.417 e. The third kappa shape index (κ3) is 3.55. The van der Waals surface area contributed by atoms with Crippen molar-refractivity contribution in [3.63, 3.8) is 0 Å².